The first-order valence-electron chi connectivity index (χ1n) is 10.4. The van der Waals surface area contributed by atoms with Gasteiger partial charge < -0.3 is 5.11 Å². The Balaban J connectivity index is 1.91. The first kappa shape index (κ1) is 21.5. The van der Waals surface area contributed by atoms with Gasteiger partial charge in [-0.25, -0.2) is 4.39 Å². The van der Waals surface area contributed by atoms with Gasteiger partial charge in [-0.15, -0.1) is 0 Å². The smallest absolute Gasteiger partial charge is 0.300 e. The van der Waals surface area contributed by atoms with Crippen LogP contribution in [-0.4, -0.2) is 16.8 Å². The third kappa shape index (κ3) is 3.82. The largest absolute Gasteiger partial charge is 0.507 e. The van der Waals surface area contributed by atoms with Crippen LogP contribution < -0.4 is 4.90 Å². The lowest BCUT2D eigenvalue weighted by atomic mass is 9.85. The monoisotopic (exact) mass is 429 g/mol. The maximum atomic E-state index is 13.4. The average molecular weight is 429 g/mol. The number of anilines is 1. The lowest BCUT2D eigenvalue weighted by molar-refractivity contribution is -0.132. The summed E-state index contributed by atoms with van der Waals surface area (Å²) < 4.78 is 13.4. The Morgan fingerprint density at radius 1 is 0.875 bits per heavy atom. The van der Waals surface area contributed by atoms with Crippen LogP contribution in [0.15, 0.2) is 84.4 Å². The van der Waals surface area contributed by atoms with Crippen LogP contribution in [0.25, 0.3) is 5.76 Å². The molecule has 162 valence electrons. The summed E-state index contributed by atoms with van der Waals surface area (Å²) in [5.74, 6) is -2.28. The van der Waals surface area contributed by atoms with Crippen LogP contribution in [0.4, 0.5) is 10.1 Å². The first-order chi connectivity index (χ1) is 15.2. The molecule has 0 radical (unpaired) electrons. The summed E-state index contributed by atoms with van der Waals surface area (Å²) >= 11 is 0. The molecular weight excluding hydrogens is 405 g/mol. The van der Waals surface area contributed by atoms with Crippen LogP contribution in [0, 0.1) is 5.82 Å². The van der Waals surface area contributed by atoms with Gasteiger partial charge >= 0.3 is 0 Å². The van der Waals surface area contributed by atoms with Crippen LogP contribution in [0.1, 0.15) is 43.5 Å². The number of nitrogens with zero attached hydrogens (tertiary/aromatic N) is 1. The predicted molar refractivity (Wildman–Crippen MR) is 123 cm³/mol. The average Bonchev–Trinajstić information content (AvgIpc) is 3.04. The Bertz CT molecular complexity index is 1190. The molecular formula is C27H24FNO3. The number of carbonyl (C=O) groups excluding carboxylic acids is 2. The molecule has 3 aromatic rings. The van der Waals surface area contributed by atoms with E-state index < -0.39 is 23.5 Å². The number of Topliss-reactive ketones (excluding diaryl/α,β-unsaturated/α-hetero) is 1. The summed E-state index contributed by atoms with van der Waals surface area (Å²) in [6.07, 6.45) is 0. The van der Waals surface area contributed by atoms with Gasteiger partial charge in [0.25, 0.3) is 11.7 Å². The van der Waals surface area contributed by atoms with Gasteiger partial charge in [-0.2, -0.15) is 0 Å². The topological polar surface area (TPSA) is 57.6 Å². The Morgan fingerprint density at radius 3 is 2.03 bits per heavy atom. The zero-order chi connectivity index (χ0) is 23.0. The Morgan fingerprint density at radius 2 is 1.47 bits per heavy atom. The molecule has 5 heteroatoms. The number of carbonyl (C=O) groups is 2. The van der Waals surface area contributed by atoms with Crippen molar-refractivity contribution in [1.82, 2.24) is 0 Å². The van der Waals surface area contributed by atoms with Gasteiger partial charge in [0.05, 0.1) is 11.6 Å². The standard InChI is InChI=1S/C27H24FNO3/c1-27(2,3)19-13-9-17(10-14-19)23-22(24(30)18-11-15-20(28)16-12-18)25(31)26(32)29(23)21-7-5-4-6-8-21/h4-16,23,30H,1-3H3/b24-22-. The number of para-hydroxylation sites is 1. The van der Waals surface area contributed by atoms with Gasteiger partial charge in [0.15, 0.2) is 0 Å². The number of rotatable bonds is 3. The number of halogens is 1. The van der Waals surface area contributed by atoms with E-state index in [4.69, 9.17) is 0 Å². The van der Waals surface area contributed by atoms with Crippen molar-refractivity contribution in [2.24, 2.45) is 0 Å². The summed E-state index contributed by atoms with van der Waals surface area (Å²) in [7, 11) is 0. The fourth-order valence-electron chi connectivity index (χ4n) is 3.93. The van der Waals surface area contributed by atoms with Crippen molar-refractivity contribution in [2.45, 2.75) is 32.2 Å². The second-order valence-corrected chi connectivity index (χ2v) is 8.88. The SMILES string of the molecule is CC(C)(C)c1ccc(C2/C(=C(/O)c3ccc(F)cc3)C(=O)C(=O)N2c2ccccc2)cc1. The first-order valence-corrected chi connectivity index (χ1v) is 10.4. The molecule has 4 rings (SSSR count). The second-order valence-electron chi connectivity index (χ2n) is 8.88. The highest BCUT2D eigenvalue weighted by Gasteiger charge is 2.46. The van der Waals surface area contributed by atoms with E-state index in [2.05, 4.69) is 20.8 Å². The van der Waals surface area contributed by atoms with Gasteiger partial charge in [-0.05, 0) is 52.9 Å². The maximum absolute atomic E-state index is 13.4. The van der Waals surface area contributed by atoms with Crippen molar-refractivity contribution in [3.8, 4) is 0 Å². The second kappa shape index (κ2) is 8.08. The summed E-state index contributed by atoms with van der Waals surface area (Å²) in [6.45, 7) is 6.31. The molecule has 0 saturated carbocycles. The molecule has 32 heavy (non-hydrogen) atoms. The number of hydrogen-bond acceptors (Lipinski definition) is 3. The van der Waals surface area contributed by atoms with E-state index in [-0.39, 0.29) is 22.3 Å². The number of aliphatic hydroxyl groups excluding tert-OH is 1. The van der Waals surface area contributed by atoms with E-state index in [0.717, 1.165) is 5.56 Å². The highest BCUT2D eigenvalue weighted by Crippen LogP contribution is 2.42. The molecule has 0 aliphatic carbocycles. The van der Waals surface area contributed by atoms with Crippen molar-refractivity contribution in [2.75, 3.05) is 4.90 Å². The van der Waals surface area contributed by atoms with Crippen LogP contribution in [0.2, 0.25) is 0 Å². The van der Waals surface area contributed by atoms with Crippen LogP contribution >= 0.6 is 0 Å². The van der Waals surface area contributed by atoms with Crippen molar-refractivity contribution in [3.05, 3.63) is 107 Å². The number of benzene rings is 3. The lowest BCUT2D eigenvalue weighted by Crippen LogP contribution is -2.29. The van der Waals surface area contributed by atoms with Crippen molar-refractivity contribution >= 4 is 23.1 Å². The van der Waals surface area contributed by atoms with Gasteiger partial charge in [0.1, 0.15) is 11.6 Å². The summed E-state index contributed by atoms with van der Waals surface area (Å²) in [5.41, 5.74) is 2.55. The number of amides is 1. The molecule has 3 aromatic carbocycles. The molecule has 1 saturated heterocycles. The van der Waals surface area contributed by atoms with E-state index in [0.29, 0.717) is 11.3 Å². The van der Waals surface area contributed by atoms with Crippen LogP contribution in [0.5, 0.6) is 0 Å². The third-order valence-electron chi connectivity index (χ3n) is 5.69. The minimum Gasteiger partial charge on any atom is -0.507 e. The van der Waals surface area contributed by atoms with E-state index >= 15 is 0 Å². The molecule has 0 bridgehead atoms. The summed E-state index contributed by atoms with van der Waals surface area (Å²) in [5, 5.41) is 11.0. The minimum absolute atomic E-state index is 0.0195. The van der Waals surface area contributed by atoms with Crippen molar-refractivity contribution in [1.29, 1.82) is 0 Å². The molecule has 1 N–H and O–H groups in total. The molecule has 0 aromatic heterocycles. The molecule has 1 atom stereocenters. The molecule has 1 heterocycles. The van der Waals surface area contributed by atoms with Gasteiger partial charge in [0.2, 0.25) is 0 Å². The molecule has 1 amide bonds. The van der Waals surface area contributed by atoms with Gasteiger partial charge in [-0.1, -0.05) is 63.2 Å². The Kier molecular flexibility index (Phi) is 5.43. The van der Waals surface area contributed by atoms with Crippen LogP contribution in [-0.2, 0) is 15.0 Å². The highest BCUT2D eigenvalue weighted by atomic mass is 19.1. The van der Waals surface area contributed by atoms with Gasteiger partial charge in [0, 0.05) is 11.3 Å². The maximum Gasteiger partial charge on any atom is 0.300 e. The zero-order valence-electron chi connectivity index (χ0n) is 18.2. The van der Waals surface area contributed by atoms with E-state index in [9.17, 15) is 19.1 Å². The molecule has 1 aliphatic heterocycles. The van der Waals surface area contributed by atoms with Crippen molar-refractivity contribution in [3.63, 3.8) is 0 Å². The third-order valence-corrected chi connectivity index (χ3v) is 5.69. The molecule has 4 nitrogen and oxygen atoms in total. The fraction of sp³-hybridized carbons (Fsp3) is 0.185. The zero-order valence-corrected chi connectivity index (χ0v) is 18.2. The quantitative estimate of drug-likeness (QED) is 0.328. The minimum atomic E-state index is -0.809. The molecule has 1 fully saturated rings. The number of aliphatic hydroxyl groups is 1. The predicted octanol–water partition coefficient (Wildman–Crippen LogP) is 5.75. The normalized spacial score (nSPS) is 18.2. The van der Waals surface area contributed by atoms with E-state index in [1.165, 1.54) is 29.2 Å². The van der Waals surface area contributed by atoms with Crippen molar-refractivity contribution < 1.29 is 19.1 Å². The van der Waals surface area contributed by atoms with E-state index in [1.54, 1.807) is 24.3 Å². The Labute approximate surface area is 186 Å². The number of ketones is 1. The lowest BCUT2D eigenvalue weighted by Gasteiger charge is -2.26. The highest BCUT2D eigenvalue weighted by molar-refractivity contribution is 6.51. The molecule has 0 spiro atoms. The Hall–Kier alpha value is -3.73. The van der Waals surface area contributed by atoms with Gasteiger partial charge in [-0.3, -0.25) is 14.5 Å². The number of hydrogen-bond donors (Lipinski definition) is 1. The summed E-state index contributed by atoms with van der Waals surface area (Å²) in [6, 6.07) is 21.0. The molecule has 1 aliphatic rings. The fourth-order valence-corrected chi connectivity index (χ4v) is 3.93. The van der Waals surface area contributed by atoms with E-state index in [1.807, 2.05) is 30.3 Å². The summed E-state index contributed by atoms with van der Waals surface area (Å²) in [4.78, 5) is 27.6. The van der Waals surface area contributed by atoms with Crippen LogP contribution in [0.3, 0.4) is 0 Å². The molecule has 1 unspecified atom stereocenters.